The summed E-state index contributed by atoms with van der Waals surface area (Å²) in [6, 6.07) is 1.94. The van der Waals surface area contributed by atoms with Crippen LogP contribution in [0.3, 0.4) is 0 Å². The van der Waals surface area contributed by atoms with Gasteiger partial charge in [0, 0.05) is 37.8 Å². The number of hydrogen-bond donors (Lipinski definition) is 0. The van der Waals surface area contributed by atoms with Crippen molar-refractivity contribution in [2.24, 2.45) is 0 Å². The maximum Gasteiger partial charge on any atom is 0.310 e. The first-order valence-electron chi connectivity index (χ1n) is 13.7. The first kappa shape index (κ1) is 28.2. The Bertz CT molecular complexity index is 1200. The van der Waals surface area contributed by atoms with Gasteiger partial charge in [0.05, 0.1) is 19.6 Å². The third-order valence-corrected chi connectivity index (χ3v) is 8.24. The van der Waals surface area contributed by atoms with E-state index in [1.165, 1.54) is 0 Å². The lowest BCUT2D eigenvalue weighted by atomic mass is 9.80. The van der Waals surface area contributed by atoms with E-state index in [1.54, 1.807) is 13.0 Å². The number of carbonyl (C=O) groups excluding carboxylic acids is 2. The first-order valence-corrected chi connectivity index (χ1v) is 13.7. The zero-order valence-corrected chi connectivity index (χ0v) is 23.4. The molecule has 0 amide bonds. The van der Waals surface area contributed by atoms with Crippen molar-refractivity contribution >= 4 is 12.3 Å². The Hall–Kier alpha value is -2.77. The molecule has 0 aliphatic carbocycles. The van der Waals surface area contributed by atoms with Gasteiger partial charge in [-0.3, -0.25) is 9.69 Å². The fourth-order valence-corrected chi connectivity index (χ4v) is 6.14. The molecule has 0 bridgehead atoms. The minimum absolute atomic E-state index is 0.0619. The standard InChI is InChI=1S/C31H40FNO5/c1-6-37-29(35)17-26-19(2)23(9-12-34)27(18-33(5)22-10-14-36-15-11-22)21(4)30(26)25-16-28(32)31-24(20(25)3)8-7-13-38-31/h12,16,22H,6-11,13-15,17-18H2,1-5H3. The Morgan fingerprint density at radius 2 is 1.84 bits per heavy atom. The summed E-state index contributed by atoms with van der Waals surface area (Å²) in [5.74, 6) is -0.368. The second-order valence-corrected chi connectivity index (χ2v) is 10.5. The van der Waals surface area contributed by atoms with E-state index in [0.29, 0.717) is 24.9 Å². The van der Waals surface area contributed by atoms with Crippen LogP contribution in [0.15, 0.2) is 6.07 Å². The van der Waals surface area contributed by atoms with Crippen molar-refractivity contribution in [1.29, 1.82) is 0 Å². The van der Waals surface area contributed by atoms with Crippen molar-refractivity contribution in [3.05, 3.63) is 50.8 Å². The third-order valence-electron chi connectivity index (χ3n) is 8.24. The molecule has 38 heavy (non-hydrogen) atoms. The quantitative estimate of drug-likeness (QED) is 0.331. The molecule has 2 aromatic rings. The monoisotopic (exact) mass is 525 g/mol. The van der Waals surface area contributed by atoms with Crippen LogP contribution in [0.2, 0.25) is 0 Å². The summed E-state index contributed by atoms with van der Waals surface area (Å²) in [5, 5.41) is 0. The van der Waals surface area contributed by atoms with Crippen molar-refractivity contribution in [2.45, 2.75) is 78.8 Å². The molecule has 0 saturated carbocycles. The molecule has 0 aromatic heterocycles. The van der Waals surface area contributed by atoms with E-state index in [2.05, 4.69) is 11.9 Å². The largest absolute Gasteiger partial charge is 0.490 e. The van der Waals surface area contributed by atoms with E-state index < -0.39 is 0 Å². The van der Waals surface area contributed by atoms with Crippen molar-refractivity contribution in [1.82, 2.24) is 4.90 Å². The maximum absolute atomic E-state index is 15.4. The molecule has 0 unspecified atom stereocenters. The number of esters is 1. The highest BCUT2D eigenvalue weighted by molar-refractivity contribution is 5.84. The fourth-order valence-electron chi connectivity index (χ4n) is 6.14. The van der Waals surface area contributed by atoms with Crippen molar-refractivity contribution < 1.29 is 28.2 Å². The molecule has 0 N–H and O–H groups in total. The molecule has 0 atom stereocenters. The molecule has 2 aromatic carbocycles. The van der Waals surface area contributed by atoms with Gasteiger partial charge in [0.2, 0.25) is 0 Å². The minimum atomic E-state index is -0.378. The second kappa shape index (κ2) is 12.4. The predicted molar refractivity (Wildman–Crippen MR) is 145 cm³/mol. The van der Waals surface area contributed by atoms with Gasteiger partial charge in [-0.25, -0.2) is 4.39 Å². The number of nitrogens with zero attached hydrogens (tertiary/aromatic N) is 1. The van der Waals surface area contributed by atoms with Crippen LogP contribution in [0.4, 0.5) is 4.39 Å². The van der Waals surface area contributed by atoms with Crippen molar-refractivity contribution in [2.75, 3.05) is 33.5 Å². The Labute approximate surface area is 225 Å². The van der Waals surface area contributed by atoms with Gasteiger partial charge in [-0.15, -0.1) is 0 Å². The van der Waals surface area contributed by atoms with E-state index in [1.807, 2.05) is 20.8 Å². The second-order valence-electron chi connectivity index (χ2n) is 10.5. The number of rotatable bonds is 9. The van der Waals surface area contributed by atoms with Crippen molar-refractivity contribution in [3.63, 3.8) is 0 Å². The highest BCUT2D eigenvalue weighted by atomic mass is 19.1. The molecule has 2 heterocycles. The van der Waals surface area contributed by atoms with Gasteiger partial charge >= 0.3 is 5.97 Å². The smallest absolute Gasteiger partial charge is 0.310 e. The number of ether oxygens (including phenoxy) is 3. The summed E-state index contributed by atoms with van der Waals surface area (Å²) in [4.78, 5) is 27.0. The molecule has 0 spiro atoms. The van der Waals surface area contributed by atoms with E-state index in [9.17, 15) is 9.59 Å². The zero-order valence-electron chi connectivity index (χ0n) is 23.4. The van der Waals surface area contributed by atoms with Crippen LogP contribution in [0.5, 0.6) is 5.75 Å². The topological polar surface area (TPSA) is 65.1 Å². The minimum Gasteiger partial charge on any atom is -0.490 e. The fraction of sp³-hybridized carbons (Fsp3) is 0.548. The molecular formula is C31H40FNO5. The number of carbonyl (C=O) groups is 2. The maximum atomic E-state index is 15.4. The molecule has 6 nitrogen and oxygen atoms in total. The summed E-state index contributed by atoms with van der Waals surface area (Å²) in [6.45, 7) is 10.7. The lowest BCUT2D eigenvalue weighted by Crippen LogP contribution is -2.36. The highest BCUT2D eigenvalue weighted by Gasteiger charge is 2.28. The molecule has 2 aliphatic rings. The average molecular weight is 526 g/mol. The molecule has 1 saturated heterocycles. The van der Waals surface area contributed by atoms with Crippen LogP contribution in [0, 0.1) is 26.6 Å². The van der Waals surface area contributed by atoms with Gasteiger partial charge in [0.25, 0.3) is 0 Å². The van der Waals surface area contributed by atoms with E-state index >= 15 is 4.39 Å². The Kier molecular flexibility index (Phi) is 9.21. The Morgan fingerprint density at radius 3 is 2.53 bits per heavy atom. The first-order chi connectivity index (χ1) is 18.3. The van der Waals surface area contributed by atoms with E-state index in [4.69, 9.17) is 14.2 Å². The zero-order chi connectivity index (χ0) is 27.4. The van der Waals surface area contributed by atoms with Crippen LogP contribution in [0.1, 0.15) is 65.1 Å². The molecule has 0 radical (unpaired) electrons. The lowest BCUT2D eigenvalue weighted by molar-refractivity contribution is -0.142. The van der Waals surface area contributed by atoms with Crippen LogP contribution in [-0.4, -0.2) is 56.7 Å². The summed E-state index contributed by atoms with van der Waals surface area (Å²) >= 11 is 0. The summed E-state index contributed by atoms with van der Waals surface area (Å²) in [5.41, 5.74) is 8.20. The SMILES string of the molecule is CCOC(=O)Cc1c(C)c(CC=O)c(CN(C)C2CCOCC2)c(C)c1-c1cc(F)c2c(c1C)CCCO2. The highest BCUT2D eigenvalue weighted by Crippen LogP contribution is 2.42. The summed E-state index contributed by atoms with van der Waals surface area (Å²) < 4.78 is 32.0. The molecule has 206 valence electrons. The number of benzene rings is 2. The number of aldehydes is 1. The van der Waals surface area contributed by atoms with Crippen LogP contribution in [0.25, 0.3) is 11.1 Å². The van der Waals surface area contributed by atoms with Gasteiger partial charge in [0.15, 0.2) is 11.6 Å². The van der Waals surface area contributed by atoms with E-state index in [0.717, 1.165) is 95.3 Å². The van der Waals surface area contributed by atoms with Gasteiger partial charge < -0.3 is 19.0 Å². The van der Waals surface area contributed by atoms with Crippen molar-refractivity contribution in [3.8, 4) is 16.9 Å². The lowest BCUT2D eigenvalue weighted by Gasteiger charge is -2.33. The number of hydrogen-bond acceptors (Lipinski definition) is 6. The number of halogens is 1. The average Bonchev–Trinajstić information content (AvgIpc) is 2.92. The van der Waals surface area contributed by atoms with Crippen LogP contribution < -0.4 is 4.74 Å². The normalized spacial score (nSPS) is 15.8. The molecule has 1 fully saturated rings. The molecular weight excluding hydrogens is 485 g/mol. The molecule has 2 aliphatic heterocycles. The van der Waals surface area contributed by atoms with Crippen LogP contribution >= 0.6 is 0 Å². The Morgan fingerprint density at radius 1 is 1.11 bits per heavy atom. The van der Waals surface area contributed by atoms with Gasteiger partial charge in [-0.05, 0) is 111 Å². The Balaban J connectivity index is 1.94. The number of fused-ring (bicyclic) bond motifs is 1. The third kappa shape index (κ3) is 5.64. The van der Waals surface area contributed by atoms with Gasteiger partial charge in [-0.2, -0.15) is 0 Å². The predicted octanol–water partition coefficient (Wildman–Crippen LogP) is 5.20. The summed E-state index contributed by atoms with van der Waals surface area (Å²) in [7, 11) is 2.11. The van der Waals surface area contributed by atoms with E-state index in [-0.39, 0.29) is 31.2 Å². The van der Waals surface area contributed by atoms with Gasteiger partial charge in [0.1, 0.15) is 6.29 Å². The molecule has 7 heteroatoms. The summed E-state index contributed by atoms with van der Waals surface area (Å²) in [6.07, 6.45) is 4.75. The molecule has 4 rings (SSSR count). The van der Waals surface area contributed by atoms with Gasteiger partial charge in [-0.1, -0.05) is 0 Å². The van der Waals surface area contributed by atoms with Crippen LogP contribution in [-0.2, 0) is 44.9 Å².